The summed E-state index contributed by atoms with van der Waals surface area (Å²) in [6.07, 6.45) is 7.79. The van der Waals surface area contributed by atoms with Crippen LogP contribution in [-0.2, 0) is 5.41 Å². The van der Waals surface area contributed by atoms with Crippen molar-refractivity contribution in [2.24, 2.45) is 0 Å². The predicted molar refractivity (Wildman–Crippen MR) is 232 cm³/mol. The molecule has 0 saturated carbocycles. The first-order chi connectivity index (χ1) is 28.1. The normalized spacial score (nSPS) is 13.2. The molecule has 0 N–H and O–H groups in total. The number of aromatic nitrogens is 3. The number of rotatable bonds is 7. The van der Waals surface area contributed by atoms with Gasteiger partial charge in [0.2, 0.25) is 0 Å². The average Bonchev–Trinajstić information content (AvgIpc) is 3.57. The molecule has 1 spiro atoms. The third-order valence-corrected chi connectivity index (χ3v) is 11.1. The molecule has 8 aromatic rings. The van der Waals surface area contributed by atoms with Crippen LogP contribution in [0.15, 0.2) is 201 Å². The monoisotopic (exact) mass is 731 g/mol. The first-order valence-electron chi connectivity index (χ1n) is 19.2. The van der Waals surface area contributed by atoms with Crippen molar-refractivity contribution in [3.05, 3.63) is 229 Å². The molecule has 10 rings (SSSR count). The van der Waals surface area contributed by atoms with E-state index in [2.05, 4.69) is 146 Å². The molecule has 1 aromatic heterocycles. The lowest BCUT2D eigenvalue weighted by Gasteiger charge is -2.40. The van der Waals surface area contributed by atoms with E-state index in [1.54, 1.807) is 0 Å². The van der Waals surface area contributed by atoms with Gasteiger partial charge in [0.25, 0.3) is 0 Å². The molecule has 0 radical (unpaired) electrons. The van der Waals surface area contributed by atoms with Gasteiger partial charge in [-0.15, -0.1) is 0 Å². The smallest absolute Gasteiger partial charge is 0.164 e. The molecule has 57 heavy (non-hydrogen) atoms. The fourth-order valence-corrected chi connectivity index (χ4v) is 8.48. The molecule has 0 atom stereocenters. The number of para-hydroxylation sites is 2. The highest BCUT2D eigenvalue weighted by atomic mass is 16.5. The quantitative estimate of drug-likeness (QED) is 0.153. The first-order valence-corrected chi connectivity index (χ1v) is 19.2. The van der Waals surface area contributed by atoms with E-state index >= 15 is 0 Å². The fraction of sp³-hybridized carbons (Fsp3) is 0.0377. The summed E-state index contributed by atoms with van der Waals surface area (Å²) in [6.45, 7) is 6.22. The summed E-state index contributed by atoms with van der Waals surface area (Å²) in [6, 6.07) is 59.9. The van der Waals surface area contributed by atoms with Crippen molar-refractivity contribution in [2.45, 2.75) is 12.3 Å². The zero-order valence-corrected chi connectivity index (χ0v) is 31.4. The number of ether oxygens (including phenoxy) is 1. The zero-order valence-electron chi connectivity index (χ0n) is 31.4. The van der Waals surface area contributed by atoms with Gasteiger partial charge < -0.3 is 4.74 Å². The summed E-state index contributed by atoms with van der Waals surface area (Å²) < 4.78 is 6.91. The molecule has 0 unspecified atom stereocenters. The molecule has 0 fully saturated rings. The molecule has 2 heterocycles. The zero-order chi connectivity index (χ0) is 38.3. The Morgan fingerprint density at radius 1 is 0.474 bits per heavy atom. The van der Waals surface area contributed by atoms with Gasteiger partial charge >= 0.3 is 0 Å². The number of benzene rings is 7. The lowest BCUT2D eigenvalue weighted by molar-refractivity contribution is 0.438. The Morgan fingerprint density at radius 3 is 1.63 bits per heavy atom. The SMILES string of the molecule is C=C(/C=C\C=C/C)c1nc(-c2ccccc2)nc(-c2ccc(-c3ccc(-c4cccc5c4Oc4ccccc4C54c5ccccc5-c5ccccc54)cc3)cc2)n1. The number of fused-ring (bicyclic) bond motifs is 9. The van der Waals surface area contributed by atoms with E-state index in [4.69, 9.17) is 19.7 Å². The molecule has 1 aliphatic carbocycles. The second-order valence-corrected chi connectivity index (χ2v) is 14.4. The van der Waals surface area contributed by atoms with Crippen molar-refractivity contribution in [1.82, 2.24) is 15.0 Å². The van der Waals surface area contributed by atoms with Crippen LogP contribution in [0.25, 0.3) is 61.7 Å². The van der Waals surface area contributed by atoms with Crippen LogP contribution in [0.3, 0.4) is 0 Å². The molecule has 0 saturated heterocycles. The summed E-state index contributed by atoms with van der Waals surface area (Å²) in [5.41, 5.74) is 13.9. The second-order valence-electron chi connectivity index (χ2n) is 14.4. The molecular weight excluding hydrogens is 695 g/mol. The minimum Gasteiger partial charge on any atom is -0.456 e. The van der Waals surface area contributed by atoms with Crippen LogP contribution in [0.4, 0.5) is 0 Å². The molecule has 0 bridgehead atoms. The van der Waals surface area contributed by atoms with Crippen LogP contribution < -0.4 is 4.74 Å². The third-order valence-electron chi connectivity index (χ3n) is 11.1. The molecule has 7 aromatic carbocycles. The molecule has 4 nitrogen and oxygen atoms in total. The van der Waals surface area contributed by atoms with Gasteiger partial charge in [-0.3, -0.25) is 0 Å². The number of hydrogen-bond donors (Lipinski definition) is 0. The molecule has 1 aliphatic heterocycles. The Hall–Kier alpha value is -7.43. The van der Waals surface area contributed by atoms with Crippen molar-refractivity contribution in [1.29, 1.82) is 0 Å². The molecular formula is C53H37N3O. The van der Waals surface area contributed by atoms with Gasteiger partial charge in [0.15, 0.2) is 17.5 Å². The minimum absolute atomic E-state index is 0.494. The van der Waals surface area contributed by atoms with Gasteiger partial charge in [-0.1, -0.05) is 195 Å². The Kier molecular flexibility index (Phi) is 8.38. The summed E-state index contributed by atoms with van der Waals surface area (Å²) in [5.74, 6) is 3.53. The summed E-state index contributed by atoms with van der Waals surface area (Å²) in [7, 11) is 0. The average molecular weight is 732 g/mol. The van der Waals surface area contributed by atoms with E-state index in [0.29, 0.717) is 23.0 Å². The number of allylic oxidation sites excluding steroid dienone is 5. The highest BCUT2D eigenvalue weighted by molar-refractivity contribution is 5.90. The van der Waals surface area contributed by atoms with E-state index in [9.17, 15) is 0 Å². The van der Waals surface area contributed by atoms with Gasteiger partial charge in [-0.2, -0.15) is 0 Å². The Bertz CT molecular complexity index is 2840. The predicted octanol–water partition coefficient (Wildman–Crippen LogP) is 13.2. The maximum absolute atomic E-state index is 6.91. The fourth-order valence-electron chi connectivity index (χ4n) is 8.48. The van der Waals surface area contributed by atoms with Crippen LogP contribution in [-0.4, -0.2) is 15.0 Å². The van der Waals surface area contributed by atoms with Crippen LogP contribution in [0.5, 0.6) is 11.5 Å². The van der Waals surface area contributed by atoms with E-state index in [0.717, 1.165) is 50.4 Å². The van der Waals surface area contributed by atoms with E-state index in [-0.39, 0.29) is 0 Å². The molecule has 2 aliphatic rings. The summed E-state index contributed by atoms with van der Waals surface area (Å²) in [4.78, 5) is 14.5. The van der Waals surface area contributed by atoms with Crippen LogP contribution in [0.2, 0.25) is 0 Å². The Balaban J connectivity index is 1.01. The highest BCUT2D eigenvalue weighted by Crippen LogP contribution is 2.63. The standard InChI is InChI=1S/C53H37N3O/c1-3-4-6-16-35(2)50-54-51(39-17-7-5-8-18-39)56-52(55-50)40-33-29-37(30-34-40)36-27-31-38(32-28-36)41-21-15-25-47-49(41)57-48-26-14-13-24-46(48)53(47)44-22-11-9-19-42(44)43-20-10-12-23-45(43)53/h3-34H,2H2,1H3/b4-3-,16-6-. The molecule has 4 heteroatoms. The van der Waals surface area contributed by atoms with Crippen molar-refractivity contribution < 1.29 is 4.74 Å². The number of nitrogens with zero attached hydrogens (tertiary/aromatic N) is 3. The summed E-state index contributed by atoms with van der Waals surface area (Å²) >= 11 is 0. The van der Waals surface area contributed by atoms with Crippen molar-refractivity contribution in [3.8, 4) is 67.7 Å². The van der Waals surface area contributed by atoms with Crippen molar-refractivity contribution in [3.63, 3.8) is 0 Å². The lowest BCUT2D eigenvalue weighted by Crippen LogP contribution is -2.32. The Morgan fingerprint density at radius 2 is 0.982 bits per heavy atom. The topological polar surface area (TPSA) is 47.9 Å². The van der Waals surface area contributed by atoms with Gasteiger partial charge in [-0.05, 0) is 51.9 Å². The molecule has 270 valence electrons. The first kappa shape index (κ1) is 34.1. The van der Waals surface area contributed by atoms with E-state index < -0.39 is 5.41 Å². The lowest BCUT2D eigenvalue weighted by atomic mass is 9.65. The van der Waals surface area contributed by atoms with Gasteiger partial charge in [0, 0.05) is 33.4 Å². The van der Waals surface area contributed by atoms with Gasteiger partial charge in [-0.25, -0.2) is 15.0 Å². The maximum atomic E-state index is 6.91. The summed E-state index contributed by atoms with van der Waals surface area (Å²) in [5, 5.41) is 0. The van der Waals surface area contributed by atoms with Crippen molar-refractivity contribution >= 4 is 5.57 Å². The van der Waals surface area contributed by atoms with Crippen LogP contribution >= 0.6 is 0 Å². The van der Waals surface area contributed by atoms with Crippen LogP contribution in [0, 0.1) is 0 Å². The second kappa shape index (κ2) is 14.0. The van der Waals surface area contributed by atoms with Gasteiger partial charge in [0.05, 0.1) is 5.41 Å². The maximum Gasteiger partial charge on any atom is 0.164 e. The molecule has 0 amide bonds. The minimum atomic E-state index is -0.494. The number of hydrogen-bond acceptors (Lipinski definition) is 4. The van der Waals surface area contributed by atoms with Crippen LogP contribution in [0.1, 0.15) is 35.0 Å². The van der Waals surface area contributed by atoms with Crippen molar-refractivity contribution in [2.75, 3.05) is 0 Å². The highest BCUT2D eigenvalue weighted by Gasteiger charge is 2.51. The third kappa shape index (κ3) is 5.65. The van der Waals surface area contributed by atoms with E-state index in [1.807, 2.05) is 61.6 Å². The largest absolute Gasteiger partial charge is 0.456 e. The van der Waals surface area contributed by atoms with Gasteiger partial charge in [0.1, 0.15) is 11.5 Å². The Labute approximate surface area is 332 Å². The van der Waals surface area contributed by atoms with E-state index in [1.165, 1.54) is 27.8 Å².